The smallest absolute Gasteiger partial charge is 0.358 e. The van der Waals surface area contributed by atoms with Crippen molar-refractivity contribution >= 4 is 5.97 Å². The first-order valence-corrected chi connectivity index (χ1v) is 4.09. The molecule has 0 spiro atoms. The van der Waals surface area contributed by atoms with Gasteiger partial charge < -0.3 is 14.4 Å². The molecule has 1 N–H and O–H groups in total. The van der Waals surface area contributed by atoms with Crippen molar-refractivity contribution in [2.75, 3.05) is 6.61 Å². The topological polar surface area (TPSA) is 72.6 Å². The maximum absolute atomic E-state index is 10.5. The molecule has 1 saturated heterocycles. The molecule has 1 aliphatic rings. The van der Waals surface area contributed by atoms with Crippen LogP contribution in [-0.4, -0.2) is 22.8 Å². The fourth-order valence-corrected chi connectivity index (χ4v) is 1.34. The highest BCUT2D eigenvalue weighted by Crippen LogP contribution is 2.28. The van der Waals surface area contributed by atoms with E-state index in [9.17, 15) is 4.79 Å². The molecule has 5 heteroatoms. The summed E-state index contributed by atoms with van der Waals surface area (Å²) < 4.78 is 10.2. The zero-order valence-corrected chi connectivity index (χ0v) is 6.90. The van der Waals surface area contributed by atoms with Gasteiger partial charge in [-0.1, -0.05) is 5.16 Å². The largest absolute Gasteiger partial charge is 0.476 e. The van der Waals surface area contributed by atoms with Gasteiger partial charge in [0.1, 0.15) is 6.10 Å². The van der Waals surface area contributed by atoms with Crippen molar-refractivity contribution in [2.45, 2.75) is 18.9 Å². The number of ether oxygens (including phenoxy) is 1. The Hall–Kier alpha value is -1.36. The van der Waals surface area contributed by atoms with E-state index < -0.39 is 5.97 Å². The Balaban J connectivity index is 2.16. The molecule has 70 valence electrons. The Kier molecular flexibility index (Phi) is 2.02. The molecular weight excluding hydrogens is 174 g/mol. The monoisotopic (exact) mass is 183 g/mol. The fourth-order valence-electron chi connectivity index (χ4n) is 1.34. The van der Waals surface area contributed by atoms with Gasteiger partial charge in [0.2, 0.25) is 0 Å². The second-order valence-corrected chi connectivity index (χ2v) is 2.92. The van der Waals surface area contributed by atoms with Crippen LogP contribution >= 0.6 is 0 Å². The number of nitrogens with zero attached hydrogens (tertiary/aromatic N) is 1. The summed E-state index contributed by atoms with van der Waals surface area (Å²) >= 11 is 0. The number of aromatic nitrogens is 1. The van der Waals surface area contributed by atoms with Crippen molar-refractivity contribution in [2.24, 2.45) is 0 Å². The summed E-state index contributed by atoms with van der Waals surface area (Å²) in [5.74, 6) is -0.567. The van der Waals surface area contributed by atoms with Gasteiger partial charge in [-0.05, 0) is 12.8 Å². The maximum Gasteiger partial charge on any atom is 0.358 e. The van der Waals surface area contributed by atoms with Gasteiger partial charge in [0.15, 0.2) is 11.5 Å². The number of carboxylic acids is 1. The molecule has 5 nitrogen and oxygen atoms in total. The van der Waals surface area contributed by atoms with Gasteiger partial charge in [0, 0.05) is 12.7 Å². The van der Waals surface area contributed by atoms with E-state index in [1.165, 1.54) is 6.07 Å². The predicted octanol–water partition coefficient (Wildman–Crippen LogP) is 1.22. The third-order valence-corrected chi connectivity index (χ3v) is 1.99. The van der Waals surface area contributed by atoms with Crippen molar-refractivity contribution in [1.29, 1.82) is 0 Å². The molecule has 2 rings (SSSR count). The van der Waals surface area contributed by atoms with Gasteiger partial charge in [-0.25, -0.2) is 4.79 Å². The Morgan fingerprint density at radius 3 is 3.08 bits per heavy atom. The highest BCUT2D eigenvalue weighted by molar-refractivity contribution is 5.85. The van der Waals surface area contributed by atoms with Crippen LogP contribution in [0.2, 0.25) is 0 Å². The lowest BCUT2D eigenvalue weighted by atomic mass is 10.2. The number of rotatable bonds is 2. The molecule has 1 unspecified atom stereocenters. The van der Waals surface area contributed by atoms with Crippen LogP contribution in [0.15, 0.2) is 10.6 Å². The third-order valence-electron chi connectivity index (χ3n) is 1.99. The van der Waals surface area contributed by atoms with Crippen molar-refractivity contribution in [3.8, 4) is 0 Å². The summed E-state index contributed by atoms with van der Waals surface area (Å²) in [4.78, 5) is 10.5. The number of carboxylic acid groups (broad SMARTS) is 1. The zero-order chi connectivity index (χ0) is 9.26. The second-order valence-electron chi connectivity index (χ2n) is 2.92. The van der Waals surface area contributed by atoms with Gasteiger partial charge in [-0.3, -0.25) is 0 Å². The Morgan fingerprint density at radius 1 is 1.69 bits per heavy atom. The molecule has 1 aliphatic heterocycles. The van der Waals surface area contributed by atoms with Crippen LogP contribution in [0, 0.1) is 0 Å². The molecule has 1 atom stereocenters. The molecule has 2 heterocycles. The van der Waals surface area contributed by atoms with E-state index in [-0.39, 0.29) is 11.8 Å². The minimum atomic E-state index is -1.08. The van der Waals surface area contributed by atoms with E-state index in [0.717, 1.165) is 12.8 Å². The lowest BCUT2D eigenvalue weighted by molar-refractivity contribution is 0.0682. The van der Waals surface area contributed by atoms with Crippen LogP contribution < -0.4 is 0 Å². The summed E-state index contributed by atoms with van der Waals surface area (Å²) in [6.45, 7) is 0.702. The number of hydrogen-bond acceptors (Lipinski definition) is 4. The first-order chi connectivity index (χ1) is 6.27. The highest BCUT2D eigenvalue weighted by atomic mass is 16.5. The molecule has 0 amide bonds. The van der Waals surface area contributed by atoms with Crippen LogP contribution in [0.25, 0.3) is 0 Å². The molecule has 1 aromatic rings. The van der Waals surface area contributed by atoms with E-state index in [2.05, 4.69) is 5.16 Å². The van der Waals surface area contributed by atoms with Gasteiger partial charge in [0.05, 0.1) is 0 Å². The summed E-state index contributed by atoms with van der Waals surface area (Å²) in [5, 5.41) is 12.0. The van der Waals surface area contributed by atoms with E-state index in [1.807, 2.05) is 0 Å². The van der Waals surface area contributed by atoms with E-state index in [1.54, 1.807) is 0 Å². The van der Waals surface area contributed by atoms with Crippen molar-refractivity contribution in [1.82, 2.24) is 5.16 Å². The lowest BCUT2D eigenvalue weighted by Crippen LogP contribution is -1.96. The number of hydrogen-bond donors (Lipinski definition) is 1. The summed E-state index contributed by atoms with van der Waals surface area (Å²) in [6.07, 6.45) is 1.74. The standard InChI is InChI=1S/C8H9NO4/c10-8(11)5-4-7(13-9-5)6-2-1-3-12-6/h4,6H,1-3H2,(H,10,11). The van der Waals surface area contributed by atoms with Crippen LogP contribution in [0.1, 0.15) is 35.2 Å². The van der Waals surface area contributed by atoms with Gasteiger partial charge in [-0.2, -0.15) is 0 Å². The van der Waals surface area contributed by atoms with Crippen LogP contribution in [0.3, 0.4) is 0 Å². The van der Waals surface area contributed by atoms with E-state index in [4.69, 9.17) is 14.4 Å². The van der Waals surface area contributed by atoms with Crippen LogP contribution in [0.4, 0.5) is 0 Å². The third kappa shape index (κ3) is 1.55. The molecule has 0 radical (unpaired) electrons. The van der Waals surface area contributed by atoms with Gasteiger partial charge in [0.25, 0.3) is 0 Å². The molecule has 1 aromatic heterocycles. The summed E-state index contributed by atoms with van der Waals surface area (Å²) in [5.41, 5.74) is -0.0644. The number of carbonyl (C=O) groups is 1. The van der Waals surface area contributed by atoms with Crippen LogP contribution in [-0.2, 0) is 4.74 Å². The molecule has 0 saturated carbocycles. The maximum atomic E-state index is 10.5. The Morgan fingerprint density at radius 2 is 2.54 bits per heavy atom. The molecule has 0 bridgehead atoms. The molecular formula is C8H9NO4. The normalized spacial score (nSPS) is 22.0. The average Bonchev–Trinajstić information content (AvgIpc) is 2.75. The summed E-state index contributed by atoms with van der Waals surface area (Å²) in [7, 11) is 0. The predicted molar refractivity (Wildman–Crippen MR) is 41.4 cm³/mol. The molecule has 0 aromatic carbocycles. The Labute approximate surface area is 74.3 Å². The minimum Gasteiger partial charge on any atom is -0.476 e. The SMILES string of the molecule is O=C(O)c1cc(C2CCCO2)on1. The van der Waals surface area contributed by atoms with Crippen molar-refractivity contribution in [3.63, 3.8) is 0 Å². The highest BCUT2D eigenvalue weighted by Gasteiger charge is 2.23. The molecule has 1 fully saturated rings. The minimum absolute atomic E-state index is 0.0644. The van der Waals surface area contributed by atoms with Gasteiger partial charge in [-0.15, -0.1) is 0 Å². The lowest BCUT2D eigenvalue weighted by Gasteiger charge is -2.01. The van der Waals surface area contributed by atoms with Crippen molar-refractivity contribution < 1.29 is 19.2 Å². The van der Waals surface area contributed by atoms with Gasteiger partial charge >= 0.3 is 5.97 Å². The number of aromatic carboxylic acids is 1. The first-order valence-electron chi connectivity index (χ1n) is 4.09. The van der Waals surface area contributed by atoms with E-state index >= 15 is 0 Å². The second kappa shape index (κ2) is 3.18. The first kappa shape index (κ1) is 8.25. The molecule has 0 aliphatic carbocycles. The molecule has 13 heavy (non-hydrogen) atoms. The summed E-state index contributed by atoms with van der Waals surface area (Å²) in [6, 6.07) is 1.41. The average molecular weight is 183 g/mol. The Bertz CT molecular complexity index is 314. The zero-order valence-electron chi connectivity index (χ0n) is 6.90. The van der Waals surface area contributed by atoms with E-state index in [0.29, 0.717) is 12.4 Å². The van der Waals surface area contributed by atoms with Crippen LogP contribution in [0.5, 0.6) is 0 Å². The van der Waals surface area contributed by atoms with Crippen molar-refractivity contribution in [3.05, 3.63) is 17.5 Å². The fraction of sp³-hybridized carbons (Fsp3) is 0.500. The quantitative estimate of drug-likeness (QED) is 0.746.